The number of rotatable bonds is 2. The Bertz CT molecular complexity index is 777. The number of hydrogen-bond acceptors (Lipinski definition) is 2. The van der Waals surface area contributed by atoms with Crippen LogP contribution in [0.5, 0.6) is 0 Å². The van der Waals surface area contributed by atoms with Crippen molar-refractivity contribution in [2.75, 3.05) is 0 Å². The number of nitrogens with zero attached hydrogens (tertiary/aromatic N) is 2. The molecule has 0 aliphatic rings. The fraction of sp³-hybridized carbons (Fsp3) is 0.0588. The van der Waals surface area contributed by atoms with Gasteiger partial charge in [-0.1, -0.05) is 59.6 Å². The van der Waals surface area contributed by atoms with Crippen molar-refractivity contribution >= 4 is 34.8 Å². The summed E-state index contributed by atoms with van der Waals surface area (Å²) in [7, 11) is 0. The molecule has 1 aromatic heterocycles. The molecule has 0 fully saturated rings. The van der Waals surface area contributed by atoms with Crippen molar-refractivity contribution in [1.29, 1.82) is 0 Å². The maximum Gasteiger partial charge on any atom is 0.155 e. The van der Waals surface area contributed by atoms with E-state index in [1.807, 2.05) is 36.4 Å². The van der Waals surface area contributed by atoms with Crippen LogP contribution in [0.2, 0.25) is 5.15 Å². The minimum atomic E-state index is 0.423. The molecule has 0 radical (unpaired) electrons. The molecule has 0 spiro atoms. The van der Waals surface area contributed by atoms with Gasteiger partial charge in [-0.3, -0.25) is 0 Å². The Morgan fingerprint density at radius 3 is 2.20 bits per heavy atom. The molecule has 0 N–H and O–H groups in total. The minimum Gasteiger partial charge on any atom is -0.244 e. The predicted octanol–water partition coefficient (Wildman–Crippen LogP) is 4.76. The van der Waals surface area contributed by atoms with Crippen LogP contribution in [-0.4, -0.2) is 9.97 Å². The lowest BCUT2D eigenvalue weighted by atomic mass is 10.1. The highest BCUT2D eigenvalue weighted by molar-refractivity contribution is 6.31. The summed E-state index contributed by atoms with van der Waals surface area (Å²) in [6.45, 7) is 2.07. The van der Waals surface area contributed by atoms with E-state index in [2.05, 4.69) is 41.2 Å². The fourth-order valence-electron chi connectivity index (χ4n) is 1.95. The summed E-state index contributed by atoms with van der Waals surface area (Å²) in [6, 6.07) is 16.0. The third-order valence-corrected chi connectivity index (χ3v) is 3.34. The van der Waals surface area contributed by atoms with Gasteiger partial charge in [0.15, 0.2) is 5.15 Å². The average molecular weight is 281 g/mol. The summed E-state index contributed by atoms with van der Waals surface area (Å²) in [5.74, 6) is 0. The van der Waals surface area contributed by atoms with Gasteiger partial charge in [-0.15, -0.1) is 0 Å². The second-order valence-corrected chi connectivity index (χ2v) is 4.99. The monoisotopic (exact) mass is 280 g/mol. The van der Waals surface area contributed by atoms with Crippen molar-refractivity contribution in [3.05, 3.63) is 70.5 Å². The van der Waals surface area contributed by atoms with Crippen LogP contribution in [0.1, 0.15) is 16.8 Å². The molecule has 0 bridgehead atoms. The van der Waals surface area contributed by atoms with Crippen molar-refractivity contribution in [2.24, 2.45) is 0 Å². The van der Waals surface area contributed by atoms with Gasteiger partial charge >= 0.3 is 0 Å². The topological polar surface area (TPSA) is 25.8 Å². The van der Waals surface area contributed by atoms with Gasteiger partial charge in [0, 0.05) is 0 Å². The Morgan fingerprint density at radius 1 is 0.850 bits per heavy atom. The summed E-state index contributed by atoms with van der Waals surface area (Å²) in [5, 5.41) is 0.423. The van der Waals surface area contributed by atoms with Gasteiger partial charge < -0.3 is 0 Å². The van der Waals surface area contributed by atoms with Crippen LogP contribution >= 0.6 is 11.6 Å². The van der Waals surface area contributed by atoms with Crippen LogP contribution in [0.3, 0.4) is 0 Å². The Balaban J connectivity index is 1.97. The van der Waals surface area contributed by atoms with E-state index in [-0.39, 0.29) is 0 Å². The molecular weight excluding hydrogens is 268 g/mol. The smallest absolute Gasteiger partial charge is 0.155 e. The van der Waals surface area contributed by atoms with Gasteiger partial charge in [0.2, 0.25) is 0 Å². The second-order valence-electron chi connectivity index (χ2n) is 4.63. The predicted molar refractivity (Wildman–Crippen MR) is 84.7 cm³/mol. The molecule has 3 rings (SSSR count). The lowest BCUT2D eigenvalue weighted by Crippen LogP contribution is -1.89. The Morgan fingerprint density at radius 2 is 1.50 bits per heavy atom. The number of hydrogen-bond donors (Lipinski definition) is 0. The quantitative estimate of drug-likeness (QED) is 0.676. The van der Waals surface area contributed by atoms with Gasteiger partial charge in [-0.2, -0.15) is 0 Å². The van der Waals surface area contributed by atoms with E-state index in [1.165, 1.54) is 5.56 Å². The Labute approximate surface area is 122 Å². The molecule has 1 heterocycles. The lowest BCUT2D eigenvalue weighted by molar-refractivity contribution is 1.27. The third kappa shape index (κ3) is 2.70. The van der Waals surface area contributed by atoms with E-state index in [1.54, 1.807) is 0 Å². The van der Waals surface area contributed by atoms with Crippen LogP contribution in [-0.2, 0) is 0 Å². The molecule has 0 aliphatic heterocycles. The fourth-order valence-corrected chi connectivity index (χ4v) is 2.15. The number of benzene rings is 2. The molecule has 0 saturated heterocycles. The molecule has 0 saturated carbocycles. The first-order chi connectivity index (χ1) is 9.72. The van der Waals surface area contributed by atoms with Crippen molar-refractivity contribution in [3.63, 3.8) is 0 Å². The van der Waals surface area contributed by atoms with Crippen LogP contribution in [0.25, 0.3) is 23.2 Å². The molecule has 0 aliphatic carbocycles. The molecule has 3 aromatic rings. The lowest BCUT2D eigenvalue weighted by Gasteiger charge is -2.01. The normalized spacial score (nSPS) is 11.3. The zero-order chi connectivity index (χ0) is 13.9. The zero-order valence-corrected chi connectivity index (χ0v) is 11.8. The maximum atomic E-state index is 6.17. The van der Waals surface area contributed by atoms with Gasteiger partial charge in [0.05, 0.1) is 11.0 Å². The Hall–Kier alpha value is -2.19. The summed E-state index contributed by atoms with van der Waals surface area (Å²) < 4.78 is 0. The van der Waals surface area contributed by atoms with E-state index in [0.717, 1.165) is 16.6 Å². The molecule has 0 amide bonds. The van der Waals surface area contributed by atoms with Crippen molar-refractivity contribution in [1.82, 2.24) is 9.97 Å². The van der Waals surface area contributed by atoms with Crippen LogP contribution in [0, 0.1) is 6.92 Å². The van der Waals surface area contributed by atoms with Crippen LogP contribution < -0.4 is 0 Å². The Kier molecular flexibility index (Phi) is 3.48. The first-order valence-electron chi connectivity index (χ1n) is 6.39. The second kappa shape index (κ2) is 5.43. The molecule has 3 heteroatoms. The van der Waals surface area contributed by atoms with E-state index in [4.69, 9.17) is 11.6 Å². The van der Waals surface area contributed by atoms with Gasteiger partial charge in [-0.25, -0.2) is 9.97 Å². The van der Waals surface area contributed by atoms with E-state index >= 15 is 0 Å². The minimum absolute atomic E-state index is 0.423. The number of fused-ring (bicyclic) bond motifs is 1. The summed E-state index contributed by atoms with van der Waals surface area (Å²) in [6.07, 6.45) is 3.89. The number of para-hydroxylation sites is 2. The molecular formula is C17H13ClN2. The molecule has 0 atom stereocenters. The first-order valence-corrected chi connectivity index (χ1v) is 6.77. The summed E-state index contributed by atoms with van der Waals surface area (Å²) in [5.41, 5.74) is 4.70. The standard InChI is InChI=1S/C17H13ClN2/c1-12-6-8-13(9-7-12)10-11-16-17(18)20-15-5-3-2-4-14(15)19-16/h2-11H,1H3/b11-10+. The van der Waals surface area contributed by atoms with Crippen LogP contribution in [0.15, 0.2) is 48.5 Å². The third-order valence-electron chi connectivity index (χ3n) is 3.06. The molecule has 2 aromatic carbocycles. The molecule has 0 unspecified atom stereocenters. The van der Waals surface area contributed by atoms with Gasteiger partial charge in [0.1, 0.15) is 5.69 Å². The molecule has 2 nitrogen and oxygen atoms in total. The first kappa shape index (κ1) is 12.8. The summed E-state index contributed by atoms with van der Waals surface area (Å²) >= 11 is 6.17. The largest absolute Gasteiger partial charge is 0.244 e. The van der Waals surface area contributed by atoms with E-state index in [0.29, 0.717) is 10.8 Å². The maximum absolute atomic E-state index is 6.17. The highest BCUT2D eigenvalue weighted by atomic mass is 35.5. The molecule has 20 heavy (non-hydrogen) atoms. The number of aryl methyl sites for hydroxylation is 1. The zero-order valence-electron chi connectivity index (χ0n) is 11.0. The van der Waals surface area contributed by atoms with Gasteiger partial charge in [-0.05, 0) is 30.7 Å². The van der Waals surface area contributed by atoms with Crippen molar-refractivity contribution in [2.45, 2.75) is 6.92 Å². The number of aromatic nitrogens is 2. The molecule has 98 valence electrons. The highest BCUT2D eigenvalue weighted by Gasteiger charge is 2.03. The highest BCUT2D eigenvalue weighted by Crippen LogP contribution is 2.19. The van der Waals surface area contributed by atoms with E-state index < -0.39 is 0 Å². The average Bonchev–Trinajstić information content (AvgIpc) is 2.47. The van der Waals surface area contributed by atoms with Gasteiger partial charge in [0.25, 0.3) is 0 Å². The van der Waals surface area contributed by atoms with E-state index in [9.17, 15) is 0 Å². The van der Waals surface area contributed by atoms with Crippen molar-refractivity contribution < 1.29 is 0 Å². The SMILES string of the molecule is Cc1ccc(/C=C/c2nc3ccccc3nc2Cl)cc1. The van der Waals surface area contributed by atoms with Crippen molar-refractivity contribution in [3.8, 4) is 0 Å². The summed E-state index contributed by atoms with van der Waals surface area (Å²) in [4.78, 5) is 8.88. The van der Waals surface area contributed by atoms with Crippen LogP contribution in [0.4, 0.5) is 0 Å². The number of halogens is 1.